The number of para-hydroxylation sites is 2. The predicted octanol–water partition coefficient (Wildman–Crippen LogP) is 2.27. The van der Waals surface area contributed by atoms with Gasteiger partial charge in [-0.2, -0.15) is 0 Å². The number of nitrogens with one attached hydrogen (secondary N) is 1. The minimum Gasteiger partial charge on any atom is -0.368 e. The molecule has 1 aromatic heterocycles. The third-order valence-electron chi connectivity index (χ3n) is 3.16. The summed E-state index contributed by atoms with van der Waals surface area (Å²) < 4.78 is 0. The minimum atomic E-state index is -0.637. The molecular weight excluding hydrogens is 264 g/mol. The number of hydrogen-bond acceptors (Lipinski definition) is 4. The van der Waals surface area contributed by atoms with Crippen molar-refractivity contribution in [2.45, 2.75) is 6.04 Å². The Balaban J connectivity index is 1.93. The molecule has 1 heterocycles. The van der Waals surface area contributed by atoms with Crippen molar-refractivity contribution in [3.05, 3.63) is 66.4 Å². The first kappa shape index (κ1) is 13.1. The van der Waals surface area contributed by atoms with Gasteiger partial charge < -0.3 is 11.1 Å². The van der Waals surface area contributed by atoms with Crippen LogP contribution in [-0.4, -0.2) is 15.9 Å². The lowest BCUT2D eigenvalue weighted by atomic mass is 10.1. The Bertz CT molecular complexity index is 773. The number of hydrogen-bond donors (Lipinski definition) is 2. The van der Waals surface area contributed by atoms with Crippen LogP contribution in [0, 0.1) is 0 Å². The van der Waals surface area contributed by atoms with Crippen molar-refractivity contribution in [2.75, 3.05) is 5.32 Å². The summed E-state index contributed by atoms with van der Waals surface area (Å²) in [5.74, 6) is 0.0533. The monoisotopic (exact) mass is 278 g/mol. The van der Waals surface area contributed by atoms with E-state index in [1.807, 2.05) is 54.6 Å². The highest BCUT2D eigenvalue weighted by Crippen LogP contribution is 2.19. The highest BCUT2D eigenvalue weighted by Gasteiger charge is 2.17. The number of primary amides is 1. The second-order valence-corrected chi connectivity index (χ2v) is 4.63. The van der Waals surface area contributed by atoms with Crippen molar-refractivity contribution in [2.24, 2.45) is 5.73 Å². The number of carbonyl (C=O) groups is 1. The largest absolute Gasteiger partial charge is 0.368 e. The highest BCUT2D eigenvalue weighted by molar-refractivity contribution is 5.84. The quantitative estimate of drug-likeness (QED) is 0.767. The Kier molecular flexibility index (Phi) is 3.47. The van der Waals surface area contributed by atoms with E-state index in [0.29, 0.717) is 5.82 Å². The van der Waals surface area contributed by atoms with E-state index in [4.69, 9.17) is 5.73 Å². The molecule has 0 saturated heterocycles. The van der Waals surface area contributed by atoms with Crippen LogP contribution in [0.2, 0.25) is 0 Å². The molecule has 0 unspecified atom stereocenters. The summed E-state index contributed by atoms with van der Waals surface area (Å²) in [6, 6.07) is 16.2. The highest BCUT2D eigenvalue weighted by atomic mass is 16.1. The van der Waals surface area contributed by atoms with E-state index in [-0.39, 0.29) is 0 Å². The van der Waals surface area contributed by atoms with Crippen molar-refractivity contribution in [1.29, 1.82) is 0 Å². The van der Waals surface area contributed by atoms with Gasteiger partial charge in [0.1, 0.15) is 11.9 Å². The summed E-state index contributed by atoms with van der Waals surface area (Å²) in [5, 5.41) is 3.04. The van der Waals surface area contributed by atoms with E-state index in [0.717, 1.165) is 16.6 Å². The van der Waals surface area contributed by atoms with Crippen LogP contribution in [0.5, 0.6) is 0 Å². The van der Waals surface area contributed by atoms with E-state index in [9.17, 15) is 4.79 Å². The normalized spacial score (nSPS) is 12.0. The van der Waals surface area contributed by atoms with Gasteiger partial charge in [0.2, 0.25) is 5.91 Å². The summed E-state index contributed by atoms with van der Waals surface area (Å²) in [6.45, 7) is 0. The number of rotatable bonds is 4. The summed E-state index contributed by atoms with van der Waals surface area (Å²) in [6.07, 6.45) is 1.60. The Morgan fingerprint density at radius 3 is 2.38 bits per heavy atom. The number of nitrogens with two attached hydrogens (primary N) is 1. The molecule has 0 spiro atoms. The lowest BCUT2D eigenvalue weighted by molar-refractivity contribution is -0.118. The standard InChI is InChI=1S/C16H14N4O/c17-16(21)15(11-6-2-1-3-7-11)20-14-10-18-12-8-4-5-9-13(12)19-14/h1-10,15H,(H2,17,21)(H,19,20)/t15-/m0/s1. The molecule has 0 saturated carbocycles. The zero-order valence-corrected chi connectivity index (χ0v) is 11.2. The molecule has 21 heavy (non-hydrogen) atoms. The zero-order chi connectivity index (χ0) is 14.7. The summed E-state index contributed by atoms with van der Waals surface area (Å²) in [5.41, 5.74) is 7.84. The van der Waals surface area contributed by atoms with E-state index in [1.54, 1.807) is 6.20 Å². The second kappa shape index (κ2) is 5.58. The number of aromatic nitrogens is 2. The van der Waals surface area contributed by atoms with E-state index >= 15 is 0 Å². The zero-order valence-electron chi connectivity index (χ0n) is 11.2. The van der Waals surface area contributed by atoms with Gasteiger partial charge in [-0.25, -0.2) is 4.98 Å². The number of amides is 1. The summed E-state index contributed by atoms with van der Waals surface area (Å²) in [4.78, 5) is 20.4. The van der Waals surface area contributed by atoms with Crippen LogP contribution < -0.4 is 11.1 Å². The molecule has 0 bridgehead atoms. The molecule has 3 N–H and O–H groups in total. The van der Waals surface area contributed by atoms with Gasteiger partial charge in [0.25, 0.3) is 0 Å². The first-order valence-corrected chi connectivity index (χ1v) is 6.56. The van der Waals surface area contributed by atoms with Gasteiger partial charge in [0, 0.05) is 0 Å². The summed E-state index contributed by atoms with van der Waals surface area (Å²) >= 11 is 0. The van der Waals surface area contributed by atoms with Gasteiger partial charge in [-0.15, -0.1) is 0 Å². The average molecular weight is 278 g/mol. The van der Waals surface area contributed by atoms with Crippen molar-refractivity contribution < 1.29 is 4.79 Å². The maximum Gasteiger partial charge on any atom is 0.244 e. The summed E-state index contributed by atoms with van der Waals surface area (Å²) in [7, 11) is 0. The van der Waals surface area contributed by atoms with Crippen molar-refractivity contribution in [3.8, 4) is 0 Å². The first-order valence-electron chi connectivity index (χ1n) is 6.56. The van der Waals surface area contributed by atoms with E-state index in [1.165, 1.54) is 0 Å². The fourth-order valence-electron chi connectivity index (χ4n) is 2.14. The topological polar surface area (TPSA) is 80.9 Å². The SMILES string of the molecule is NC(=O)[C@@H](Nc1cnc2ccccc2n1)c1ccccc1. The molecule has 3 rings (SSSR count). The van der Waals surface area contributed by atoms with Crippen LogP contribution in [0.15, 0.2) is 60.8 Å². The maximum atomic E-state index is 11.7. The molecule has 0 aliphatic carbocycles. The third kappa shape index (κ3) is 2.81. The average Bonchev–Trinajstić information content (AvgIpc) is 2.53. The first-order chi connectivity index (χ1) is 10.2. The third-order valence-corrected chi connectivity index (χ3v) is 3.16. The smallest absolute Gasteiger partial charge is 0.244 e. The Hall–Kier alpha value is -2.95. The molecule has 0 radical (unpaired) electrons. The number of fused-ring (bicyclic) bond motifs is 1. The van der Waals surface area contributed by atoms with Crippen LogP contribution in [0.3, 0.4) is 0 Å². The Morgan fingerprint density at radius 2 is 1.67 bits per heavy atom. The van der Waals surface area contributed by atoms with Crippen molar-refractivity contribution in [1.82, 2.24) is 9.97 Å². The van der Waals surface area contributed by atoms with Crippen LogP contribution in [0.25, 0.3) is 11.0 Å². The Morgan fingerprint density at radius 1 is 1.00 bits per heavy atom. The van der Waals surface area contributed by atoms with Gasteiger partial charge in [-0.1, -0.05) is 42.5 Å². The fraction of sp³-hybridized carbons (Fsp3) is 0.0625. The molecule has 5 heteroatoms. The van der Waals surface area contributed by atoms with Crippen LogP contribution in [-0.2, 0) is 4.79 Å². The number of benzene rings is 2. The van der Waals surface area contributed by atoms with Crippen LogP contribution >= 0.6 is 0 Å². The van der Waals surface area contributed by atoms with Crippen LogP contribution in [0.1, 0.15) is 11.6 Å². The lowest BCUT2D eigenvalue weighted by Gasteiger charge is -2.16. The minimum absolute atomic E-state index is 0.462. The van der Waals surface area contributed by atoms with E-state index in [2.05, 4.69) is 15.3 Å². The molecule has 1 amide bonds. The molecule has 104 valence electrons. The Labute approximate surface area is 121 Å². The van der Waals surface area contributed by atoms with E-state index < -0.39 is 11.9 Å². The molecule has 0 aliphatic heterocycles. The molecule has 5 nitrogen and oxygen atoms in total. The molecule has 3 aromatic rings. The maximum absolute atomic E-state index is 11.7. The molecular formula is C16H14N4O. The number of nitrogens with zero attached hydrogens (tertiary/aromatic N) is 2. The van der Waals surface area contributed by atoms with Crippen LogP contribution in [0.4, 0.5) is 5.82 Å². The molecule has 1 atom stereocenters. The number of carbonyl (C=O) groups excluding carboxylic acids is 1. The molecule has 2 aromatic carbocycles. The van der Waals surface area contributed by atoms with Gasteiger partial charge in [-0.3, -0.25) is 9.78 Å². The van der Waals surface area contributed by atoms with Gasteiger partial charge in [0.05, 0.1) is 17.2 Å². The number of anilines is 1. The van der Waals surface area contributed by atoms with Crippen molar-refractivity contribution >= 4 is 22.8 Å². The van der Waals surface area contributed by atoms with Gasteiger partial charge in [0.15, 0.2) is 0 Å². The molecule has 0 fully saturated rings. The van der Waals surface area contributed by atoms with Gasteiger partial charge >= 0.3 is 0 Å². The predicted molar refractivity (Wildman–Crippen MR) is 81.5 cm³/mol. The molecule has 0 aliphatic rings. The fourth-order valence-corrected chi connectivity index (χ4v) is 2.14. The lowest BCUT2D eigenvalue weighted by Crippen LogP contribution is -2.28. The second-order valence-electron chi connectivity index (χ2n) is 4.63. The van der Waals surface area contributed by atoms with Crippen molar-refractivity contribution in [3.63, 3.8) is 0 Å². The van der Waals surface area contributed by atoms with Gasteiger partial charge in [-0.05, 0) is 17.7 Å².